The predicted octanol–water partition coefficient (Wildman–Crippen LogP) is 3.32. The highest BCUT2D eigenvalue weighted by atomic mass is 16.2. The Balaban J connectivity index is 1.70. The van der Waals surface area contributed by atoms with E-state index in [0.29, 0.717) is 11.3 Å². The maximum atomic E-state index is 12.1. The molecule has 0 radical (unpaired) electrons. The van der Waals surface area contributed by atoms with Gasteiger partial charge < -0.3 is 4.90 Å². The molecule has 18 heavy (non-hydrogen) atoms. The maximum Gasteiger partial charge on any atom is 0.224 e. The molecule has 2 nitrogen and oxygen atoms in total. The predicted molar refractivity (Wildman–Crippen MR) is 73.1 cm³/mol. The van der Waals surface area contributed by atoms with Gasteiger partial charge in [0.1, 0.15) is 0 Å². The minimum absolute atomic E-state index is 0.143. The van der Waals surface area contributed by atoms with Crippen LogP contribution in [-0.2, 0) is 4.79 Å². The smallest absolute Gasteiger partial charge is 0.224 e. The van der Waals surface area contributed by atoms with E-state index < -0.39 is 0 Å². The van der Waals surface area contributed by atoms with Crippen LogP contribution in [0.2, 0.25) is 0 Å². The van der Waals surface area contributed by atoms with Crippen molar-refractivity contribution in [1.29, 1.82) is 0 Å². The fourth-order valence-electron chi connectivity index (χ4n) is 5.51. The number of nitrogens with zero attached hydrogens (tertiary/aromatic N) is 1. The molecule has 0 aliphatic heterocycles. The Hall–Kier alpha value is -0.530. The first-order valence-corrected chi connectivity index (χ1v) is 7.72. The summed E-state index contributed by atoms with van der Waals surface area (Å²) in [5.74, 6) is 3.42. The van der Waals surface area contributed by atoms with E-state index >= 15 is 0 Å². The van der Waals surface area contributed by atoms with Crippen molar-refractivity contribution >= 4 is 5.91 Å². The molecule has 4 bridgehead atoms. The molecule has 0 N–H and O–H groups in total. The van der Waals surface area contributed by atoms with Crippen molar-refractivity contribution < 1.29 is 4.79 Å². The molecule has 4 fully saturated rings. The van der Waals surface area contributed by atoms with Crippen LogP contribution >= 0.6 is 0 Å². The minimum Gasteiger partial charge on any atom is -0.345 e. The van der Waals surface area contributed by atoms with Gasteiger partial charge in [-0.25, -0.2) is 0 Å². The van der Waals surface area contributed by atoms with Crippen LogP contribution in [0.15, 0.2) is 0 Å². The molecule has 0 aromatic carbocycles. The van der Waals surface area contributed by atoms with E-state index in [-0.39, 0.29) is 5.92 Å². The van der Waals surface area contributed by atoms with Crippen molar-refractivity contribution in [3.05, 3.63) is 0 Å². The van der Waals surface area contributed by atoms with Crippen molar-refractivity contribution in [3.8, 4) is 0 Å². The van der Waals surface area contributed by atoms with E-state index in [1.54, 1.807) is 0 Å². The molecule has 1 amide bonds. The van der Waals surface area contributed by atoms with Crippen LogP contribution in [0.1, 0.15) is 52.4 Å². The lowest BCUT2D eigenvalue weighted by atomic mass is 9.49. The molecule has 4 aliphatic rings. The van der Waals surface area contributed by atoms with Crippen LogP contribution < -0.4 is 0 Å². The number of amides is 1. The van der Waals surface area contributed by atoms with E-state index in [2.05, 4.69) is 0 Å². The molecule has 0 aromatic rings. The maximum absolute atomic E-state index is 12.1. The monoisotopic (exact) mass is 249 g/mol. The summed E-state index contributed by atoms with van der Waals surface area (Å²) in [5.41, 5.74) is 0.494. The average molecular weight is 249 g/mol. The van der Waals surface area contributed by atoms with E-state index in [1.807, 2.05) is 25.8 Å². The quantitative estimate of drug-likeness (QED) is 0.751. The number of carbonyl (C=O) groups is 1. The number of rotatable bonds is 3. The fourth-order valence-corrected chi connectivity index (χ4v) is 5.51. The topological polar surface area (TPSA) is 20.3 Å². The number of carbonyl (C=O) groups excluding carboxylic acids is 1. The molecule has 0 atom stereocenters. The van der Waals surface area contributed by atoms with Gasteiger partial charge in [-0.1, -0.05) is 13.8 Å². The van der Waals surface area contributed by atoms with Crippen molar-refractivity contribution in [3.63, 3.8) is 0 Å². The molecule has 4 aliphatic carbocycles. The molecule has 0 spiro atoms. The summed E-state index contributed by atoms with van der Waals surface area (Å²) in [6.07, 6.45) is 8.65. The van der Waals surface area contributed by atoms with Gasteiger partial charge in [0.05, 0.1) is 0 Å². The van der Waals surface area contributed by atoms with Gasteiger partial charge in [0.15, 0.2) is 0 Å². The van der Waals surface area contributed by atoms with Crippen LogP contribution in [0.5, 0.6) is 0 Å². The van der Waals surface area contributed by atoms with Crippen LogP contribution in [0.3, 0.4) is 0 Å². The molecule has 4 rings (SSSR count). The van der Waals surface area contributed by atoms with Crippen molar-refractivity contribution in [2.24, 2.45) is 29.1 Å². The summed E-state index contributed by atoms with van der Waals surface area (Å²) in [4.78, 5) is 14.1. The summed E-state index contributed by atoms with van der Waals surface area (Å²) < 4.78 is 0. The second kappa shape index (κ2) is 4.25. The number of hydrogen-bond acceptors (Lipinski definition) is 1. The Bertz CT molecular complexity index is 312. The van der Waals surface area contributed by atoms with Gasteiger partial charge in [-0.05, 0) is 61.7 Å². The highest BCUT2D eigenvalue weighted by Gasteiger charge is 2.51. The van der Waals surface area contributed by atoms with E-state index in [4.69, 9.17) is 0 Å². The molecule has 2 heteroatoms. The van der Waals surface area contributed by atoms with Crippen molar-refractivity contribution in [2.45, 2.75) is 52.4 Å². The lowest BCUT2D eigenvalue weighted by Crippen LogP contribution is -2.51. The normalized spacial score (nSPS) is 41.4. The van der Waals surface area contributed by atoms with Crippen LogP contribution in [0.25, 0.3) is 0 Å². The summed E-state index contributed by atoms with van der Waals surface area (Å²) in [5, 5.41) is 0. The molecule has 0 saturated heterocycles. The van der Waals surface area contributed by atoms with E-state index in [0.717, 1.165) is 24.3 Å². The first-order valence-electron chi connectivity index (χ1n) is 7.72. The third kappa shape index (κ3) is 2.08. The van der Waals surface area contributed by atoms with Gasteiger partial charge in [-0.15, -0.1) is 0 Å². The summed E-state index contributed by atoms with van der Waals surface area (Å²) in [6, 6.07) is 0. The van der Waals surface area contributed by atoms with Crippen molar-refractivity contribution in [1.82, 2.24) is 4.90 Å². The highest BCUT2D eigenvalue weighted by Crippen LogP contribution is 2.60. The zero-order valence-electron chi connectivity index (χ0n) is 12.1. The summed E-state index contributed by atoms with van der Waals surface area (Å²) >= 11 is 0. The molecular formula is C16H27NO. The Morgan fingerprint density at radius 1 is 1.11 bits per heavy atom. The van der Waals surface area contributed by atoms with E-state index in [1.165, 1.54) is 38.5 Å². The SMILES string of the molecule is CC(C)C(=O)N(C)CC12CC3CC(CC(C3)C1)C2. The Morgan fingerprint density at radius 2 is 1.56 bits per heavy atom. The first kappa shape index (κ1) is 12.5. The molecule has 4 saturated carbocycles. The molecular weight excluding hydrogens is 222 g/mol. The molecule has 102 valence electrons. The Morgan fingerprint density at radius 3 is 1.94 bits per heavy atom. The van der Waals surface area contributed by atoms with Crippen LogP contribution in [0.4, 0.5) is 0 Å². The standard InChI is InChI=1S/C16H27NO/c1-11(2)15(18)17(3)10-16-7-12-4-13(8-16)6-14(5-12)9-16/h11-14H,4-10H2,1-3H3. The van der Waals surface area contributed by atoms with Gasteiger partial charge in [-0.2, -0.15) is 0 Å². The second-order valence-corrected chi connectivity index (χ2v) is 7.77. The largest absolute Gasteiger partial charge is 0.345 e. The van der Waals surface area contributed by atoms with Gasteiger partial charge in [0, 0.05) is 19.5 Å². The minimum atomic E-state index is 0.143. The lowest BCUT2D eigenvalue weighted by Gasteiger charge is -2.57. The third-order valence-corrected chi connectivity index (χ3v) is 5.61. The second-order valence-electron chi connectivity index (χ2n) is 7.77. The highest BCUT2D eigenvalue weighted by molar-refractivity contribution is 5.77. The fraction of sp³-hybridized carbons (Fsp3) is 0.938. The Labute approximate surface area is 111 Å². The Kier molecular flexibility index (Phi) is 2.95. The lowest BCUT2D eigenvalue weighted by molar-refractivity contribution is -0.138. The van der Waals surface area contributed by atoms with Gasteiger partial charge >= 0.3 is 0 Å². The average Bonchev–Trinajstić information content (AvgIpc) is 2.24. The molecule has 0 aromatic heterocycles. The first-order chi connectivity index (χ1) is 8.47. The zero-order valence-corrected chi connectivity index (χ0v) is 12.1. The van der Waals surface area contributed by atoms with Crippen LogP contribution in [-0.4, -0.2) is 24.4 Å². The van der Waals surface area contributed by atoms with Gasteiger partial charge in [-0.3, -0.25) is 4.79 Å². The summed E-state index contributed by atoms with van der Waals surface area (Å²) in [6.45, 7) is 5.05. The van der Waals surface area contributed by atoms with E-state index in [9.17, 15) is 4.79 Å². The van der Waals surface area contributed by atoms with Crippen LogP contribution in [0, 0.1) is 29.1 Å². The summed E-state index contributed by atoms with van der Waals surface area (Å²) in [7, 11) is 2.01. The van der Waals surface area contributed by atoms with Crippen molar-refractivity contribution in [2.75, 3.05) is 13.6 Å². The molecule has 0 unspecified atom stereocenters. The van der Waals surface area contributed by atoms with Gasteiger partial charge in [0.2, 0.25) is 5.91 Å². The third-order valence-electron chi connectivity index (χ3n) is 5.61. The zero-order chi connectivity index (χ0) is 12.9. The molecule has 0 heterocycles. The number of hydrogen-bond donors (Lipinski definition) is 0. The van der Waals surface area contributed by atoms with Gasteiger partial charge in [0.25, 0.3) is 0 Å².